The highest BCUT2D eigenvalue weighted by atomic mass is 28.4. The van der Waals surface area contributed by atoms with E-state index in [-0.39, 0.29) is 0 Å². The molecule has 3 rings (SSSR count). The van der Waals surface area contributed by atoms with Crippen LogP contribution in [0.4, 0.5) is 0 Å². The molecule has 0 nitrogen and oxygen atoms in total. The topological polar surface area (TPSA) is 0 Å². The van der Waals surface area contributed by atoms with Crippen LogP contribution in [-0.4, -0.2) is 16.1 Å². The van der Waals surface area contributed by atoms with Crippen molar-refractivity contribution in [3.8, 4) is 0 Å². The van der Waals surface area contributed by atoms with Gasteiger partial charge >= 0.3 is 0 Å². The number of hydrogen-bond acceptors (Lipinski definition) is 0. The SMILES string of the molecule is CC(C)[Si]1(C(C)C)C([Si](C)(C)C)=Cc2cc3ccccc3cc21. The average Bonchev–Trinajstić information content (AvgIpc) is 2.80. The number of benzene rings is 2. The molecule has 0 unspecified atom stereocenters. The molecule has 122 valence electrons. The molecule has 1 aliphatic rings. The fourth-order valence-corrected chi connectivity index (χ4v) is 18.1. The van der Waals surface area contributed by atoms with Crippen molar-refractivity contribution in [3.05, 3.63) is 46.8 Å². The Morgan fingerprint density at radius 2 is 1.35 bits per heavy atom. The molecular formula is C21H30Si2. The van der Waals surface area contributed by atoms with Crippen LogP contribution in [0.1, 0.15) is 33.3 Å². The molecule has 0 aromatic heterocycles. The summed E-state index contributed by atoms with van der Waals surface area (Å²) < 4.78 is 0. The highest BCUT2D eigenvalue weighted by Gasteiger charge is 2.52. The van der Waals surface area contributed by atoms with Crippen LogP contribution in [0.25, 0.3) is 16.8 Å². The zero-order valence-electron chi connectivity index (χ0n) is 15.7. The fraction of sp³-hybridized carbons (Fsp3) is 0.429. The maximum absolute atomic E-state index is 2.61. The van der Waals surface area contributed by atoms with Crippen molar-refractivity contribution in [2.45, 2.75) is 58.4 Å². The largest absolute Gasteiger partial charge is 0.115 e. The molecule has 2 aromatic carbocycles. The average molecular weight is 339 g/mol. The van der Waals surface area contributed by atoms with Gasteiger partial charge in [0.25, 0.3) is 0 Å². The first-order valence-corrected chi connectivity index (χ1v) is 14.6. The summed E-state index contributed by atoms with van der Waals surface area (Å²) in [6.45, 7) is 17.5. The van der Waals surface area contributed by atoms with Gasteiger partial charge in [0.05, 0.1) is 8.07 Å². The van der Waals surface area contributed by atoms with Gasteiger partial charge in [-0.3, -0.25) is 0 Å². The van der Waals surface area contributed by atoms with Crippen molar-refractivity contribution in [1.29, 1.82) is 0 Å². The maximum atomic E-state index is 2.61. The molecule has 1 heterocycles. The lowest BCUT2D eigenvalue weighted by molar-refractivity contribution is 0.925. The van der Waals surface area contributed by atoms with Crippen LogP contribution < -0.4 is 5.19 Å². The molecule has 0 bridgehead atoms. The molecular weight excluding hydrogens is 308 g/mol. The van der Waals surface area contributed by atoms with E-state index in [0.717, 1.165) is 11.1 Å². The minimum absolute atomic E-state index is 0.753. The molecule has 23 heavy (non-hydrogen) atoms. The van der Waals surface area contributed by atoms with E-state index in [1.807, 2.05) is 4.82 Å². The van der Waals surface area contributed by atoms with E-state index in [0.29, 0.717) is 0 Å². The second-order valence-corrected chi connectivity index (χ2v) is 19.4. The summed E-state index contributed by atoms with van der Waals surface area (Å²) in [5.74, 6) is 0. The Bertz CT molecular complexity index is 768. The van der Waals surface area contributed by atoms with Crippen LogP contribution in [0.3, 0.4) is 0 Å². The minimum atomic E-state index is -1.67. The smallest absolute Gasteiger partial charge is 0.0851 e. The first kappa shape index (κ1) is 16.7. The molecule has 0 spiro atoms. The van der Waals surface area contributed by atoms with Gasteiger partial charge in [0, 0.05) is 0 Å². The van der Waals surface area contributed by atoms with Crippen molar-refractivity contribution in [2.75, 3.05) is 0 Å². The molecule has 2 heteroatoms. The third-order valence-electron chi connectivity index (χ3n) is 5.74. The van der Waals surface area contributed by atoms with Crippen LogP contribution >= 0.6 is 0 Å². The summed E-state index contributed by atoms with van der Waals surface area (Å²) >= 11 is 0. The van der Waals surface area contributed by atoms with Crippen LogP contribution in [0, 0.1) is 0 Å². The predicted molar refractivity (Wildman–Crippen MR) is 111 cm³/mol. The molecule has 2 aromatic rings. The number of fused-ring (bicyclic) bond motifs is 2. The Morgan fingerprint density at radius 1 is 0.826 bits per heavy atom. The molecule has 0 N–H and O–H groups in total. The van der Waals surface area contributed by atoms with Crippen molar-refractivity contribution in [3.63, 3.8) is 0 Å². The Balaban J connectivity index is 2.38. The van der Waals surface area contributed by atoms with Crippen LogP contribution in [0.15, 0.2) is 41.2 Å². The fourth-order valence-electron chi connectivity index (χ4n) is 4.90. The number of hydrogen-bond donors (Lipinski definition) is 0. The Hall–Kier alpha value is -1.13. The van der Waals surface area contributed by atoms with Gasteiger partial charge in [0.2, 0.25) is 0 Å². The Kier molecular flexibility index (Phi) is 3.97. The van der Waals surface area contributed by atoms with Gasteiger partial charge in [-0.05, 0) is 38.7 Å². The summed E-state index contributed by atoms with van der Waals surface area (Å²) in [6.07, 6.45) is 2.61. The van der Waals surface area contributed by atoms with E-state index < -0.39 is 16.1 Å². The predicted octanol–water partition coefficient (Wildman–Crippen LogP) is 6.13. The Labute approximate surface area is 143 Å². The van der Waals surface area contributed by atoms with E-state index in [1.54, 1.807) is 5.19 Å². The van der Waals surface area contributed by atoms with E-state index >= 15 is 0 Å². The third-order valence-corrected chi connectivity index (χ3v) is 17.0. The molecule has 0 saturated carbocycles. The van der Waals surface area contributed by atoms with E-state index in [4.69, 9.17) is 0 Å². The molecule has 0 fully saturated rings. The van der Waals surface area contributed by atoms with Gasteiger partial charge in [0.1, 0.15) is 8.07 Å². The zero-order valence-corrected chi connectivity index (χ0v) is 17.7. The molecule has 0 atom stereocenters. The van der Waals surface area contributed by atoms with Gasteiger partial charge in [-0.1, -0.05) is 88.6 Å². The van der Waals surface area contributed by atoms with E-state index in [1.165, 1.54) is 16.3 Å². The van der Waals surface area contributed by atoms with Gasteiger partial charge in [-0.15, -0.1) is 0 Å². The van der Waals surface area contributed by atoms with Crippen molar-refractivity contribution < 1.29 is 0 Å². The molecule has 1 aliphatic heterocycles. The highest BCUT2D eigenvalue weighted by Crippen LogP contribution is 2.46. The first-order valence-electron chi connectivity index (χ1n) is 8.95. The maximum Gasteiger partial charge on any atom is 0.115 e. The Morgan fingerprint density at radius 3 is 1.83 bits per heavy atom. The van der Waals surface area contributed by atoms with Gasteiger partial charge in [0.15, 0.2) is 0 Å². The molecule has 0 radical (unpaired) electrons. The summed E-state index contributed by atoms with van der Waals surface area (Å²) in [5, 5.41) is 4.50. The van der Waals surface area contributed by atoms with Crippen LogP contribution in [-0.2, 0) is 0 Å². The summed E-state index contributed by atoms with van der Waals surface area (Å²) in [5.41, 5.74) is 3.03. The molecule has 0 aliphatic carbocycles. The lowest BCUT2D eigenvalue weighted by Crippen LogP contribution is -2.58. The van der Waals surface area contributed by atoms with Crippen molar-refractivity contribution in [1.82, 2.24) is 0 Å². The monoisotopic (exact) mass is 338 g/mol. The van der Waals surface area contributed by atoms with Crippen LogP contribution in [0.2, 0.25) is 30.7 Å². The summed E-state index contributed by atoms with van der Waals surface area (Å²) in [6, 6.07) is 13.9. The van der Waals surface area contributed by atoms with Crippen LogP contribution in [0.5, 0.6) is 0 Å². The lowest BCUT2D eigenvalue weighted by Gasteiger charge is -2.44. The first-order chi connectivity index (χ1) is 10.7. The normalized spacial score (nSPS) is 17.0. The van der Waals surface area contributed by atoms with Gasteiger partial charge in [-0.2, -0.15) is 0 Å². The highest BCUT2D eigenvalue weighted by molar-refractivity contribution is 7.15. The lowest BCUT2D eigenvalue weighted by atomic mass is 10.1. The number of rotatable bonds is 3. The standard InChI is InChI=1S/C21H30Si2/c1-15(2)23(16(3)4)20-13-18-11-9-8-10-17(18)12-19(20)14-21(23)22(5,6)7/h8-16H,1-7H3. The second kappa shape index (κ2) is 5.46. The zero-order chi connectivity index (χ0) is 17.0. The van der Waals surface area contributed by atoms with Crippen molar-refractivity contribution >= 4 is 38.2 Å². The quantitative estimate of drug-likeness (QED) is 0.591. The van der Waals surface area contributed by atoms with E-state index in [9.17, 15) is 0 Å². The third kappa shape index (κ3) is 2.38. The van der Waals surface area contributed by atoms with Gasteiger partial charge in [-0.25, -0.2) is 0 Å². The molecule has 0 amide bonds. The summed E-state index contributed by atoms with van der Waals surface area (Å²) in [4.78, 5) is 1.88. The second-order valence-electron chi connectivity index (χ2n) is 8.77. The minimum Gasteiger partial charge on any atom is -0.0851 e. The van der Waals surface area contributed by atoms with Crippen molar-refractivity contribution in [2.24, 2.45) is 0 Å². The van der Waals surface area contributed by atoms with E-state index in [2.05, 4.69) is 89.8 Å². The summed E-state index contributed by atoms with van der Waals surface area (Å²) in [7, 11) is -3.00. The molecule has 0 saturated heterocycles. The van der Waals surface area contributed by atoms with Gasteiger partial charge < -0.3 is 0 Å².